The smallest absolute Gasteiger partial charge is 0.167 e. The van der Waals surface area contributed by atoms with E-state index in [0.29, 0.717) is 33.1 Å². The minimum absolute atomic E-state index is 0.377. The monoisotopic (exact) mass is 370 g/mol. The summed E-state index contributed by atoms with van der Waals surface area (Å²) in [5.41, 5.74) is 9.03. The Morgan fingerprint density at radius 2 is 1.84 bits per heavy atom. The molecule has 0 radical (unpaired) electrons. The number of hydrogen-bond donors (Lipinski definition) is 2. The predicted octanol–water partition coefficient (Wildman–Crippen LogP) is 4.45. The number of benzene rings is 2. The summed E-state index contributed by atoms with van der Waals surface area (Å²) in [6.07, 6.45) is 3.11. The van der Waals surface area contributed by atoms with Crippen molar-refractivity contribution in [3.05, 3.63) is 65.2 Å². The molecule has 4 aromatic rings. The van der Waals surface area contributed by atoms with Gasteiger partial charge < -0.3 is 11.1 Å². The van der Waals surface area contributed by atoms with Crippen LogP contribution < -0.4 is 11.1 Å². The fourth-order valence-electron chi connectivity index (χ4n) is 2.53. The molecule has 0 unspecified atom stereocenters. The van der Waals surface area contributed by atoms with Gasteiger partial charge in [-0.05, 0) is 30.3 Å². The molecule has 0 saturated heterocycles. The summed E-state index contributed by atoms with van der Waals surface area (Å²) in [5.74, 6) is 0.969. The van der Waals surface area contributed by atoms with Crippen molar-refractivity contribution in [2.75, 3.05) is 11.1 Å². The van der Waals surface area contributed by atoms with Gasteiger partial charge in [0.1, 0.15) is 18.3 Å². The Morgan fingerprint density at radius 3 is 2.72 bits per heavy atom. The Bertz CT molecular complexity index is 1080. The highest BCUT2D eigenvalue weighted by atomic mass is 35.5. The summed E-state index contributed by atoms with van der Waals surface area (Å²) in [4.78, 5) is 12.9. The van der Waals surface area contributed by atoms with Gasteiger partial charge in [0, 0.05) is 5.02 Å². The van der Waals surface area contributed by atoms with Gasteiger partial charge in [-0.25, -0.2) is 15.0 Å². The normalized spacial score (nSPS) is 11.0. The molecule has 3 N–H and O–H groups in total. The molecular formula is C17H12Cl2N6. The number of aromatic nitrogens is 4. The van der Waals surface area contributed by atoms with E-state index in [2.05, 4.69) is 20.3 Å². The number of halogens is 2. The molecule has 124 valence electrons. The molecular weight excluding hydrogens is 359 g/mol. The second kappa shape index (κ2) is 6.23. The Morgan fingerprint density at radius 1 is 1.00 bits per heavy atom. The van der Waals surface area contributed by atoms with Crippen molar-refractivity contribution in [2.45, 2.75) is 0 Å². The second-order valence-corrected chi connectivity index (χ2v) is 6.16. The standard InChI is InChI=1S/C17H12Cl2N6/c18-10-5-6-11(19)13(7-10)24-16-15(20)17(22-8-21-16)25-9-23-12-3-1-2-4-14(12)25/h1-9H,20H2,(H,21,22,24). The Balaban J connectivity index is 1.79. The minimum atomic E-state index is 0.377. The number of nitrogen functional groups attached to an aromatic ring is 1. The van der Waals surface area contributed by atoms with Gasteiger partial charge in [0.05, 0.1) is 21.7 Å². The molecule has 2 aromatic heterocycles. The van der Waals surface area contributed by atoms with Crippen LogP contribution in [0.5, 0.6) is 0 Å². The summed E-state index contributed by atoms with van der Waals surface area (Å²) in [6.45, 7) is 0. The van der Waals surface area contributed by atoms with Crippen LogP contribution in [0, 0.1) is 0 Å². The van der Waals surface area contributed by atoms with Gasteiger partial charge >= 0.3 is 0 Å². The third kappa shape index (κ3) is 2.86. The third-order valence-electron chi connectivity index (χ3n) is 3.73. The van der Waals surface area contributed by atoms with E-state index in [1.165, 1.54) is 6.33 Å². The lowest BCUT2D eigenvalue weighted by Crippen LogP contribution is -2.07. The summed E-state index contributed by atoms with van der Waals surface area (Å²) in [7, 11) is 0. The number of rotatable bonds is 3. The van der Waals surface area contributed by atoms with Crippen molar-refractivity contribution < 1.29 is 0 Å². The first-order valence-corrected chi connectivity index (χ1v) is 8.14. The first kappa shape index (κ1) is 15.7. The van der Waals surface area contributed by atoms with Crippen LogP contribution in [0.1, 0.15) is 0 Å². The zero-order valence-electron chi connectivity index (χ0n) is 12.8. The number of nitrogens with two attached hydrogens (primary N) is 1. The number of nitrogens with one attached hydrogen (secondary N) is 1. The molecule has 6 nitrogen and oxygen atoms in total. The highest BCUT2D eigenvalue weighted by Crippen LogP contribution is 2.31. The number of anilines is 3. The number of hydrogen-bond acceptors (Lipinski definition) is 5. The summed E-state index contributed by atoms with van der Waals surface area (Å²) < 4.78 is 1.82. The predicted molar refractivity (Wildman–Crippen MR) is 101 cm³/mol. The topological polar surface area (TPSA) is 81.6 Å². The summed E-state index contributed by atoms with van der Waals surface area (Å²) in [5, 5.41) is 4.17. The third-order valence-corrected chi connectivity index (χ3v) is 4.29. The van der Waals surface area contributed by atoms with Crippen molar-refractivity contribution in [1.82, 2.24) is 19.5 Å². The van der Waals surface area contributed by atoms with Gasteiger partial charge in [0.15, 0.2) is 11.6 Å². The van der Waals surface area contributed by atoms with E-state index in [9.17, 15) is 0 Å². The summed E-state index contributed by atoms with van der Waals surface area (Å²) in [6, 6.07) is 12.9. The van der Waals surface area contributed by atoms with Crippen molar-refractivity contribution in [3.63, 3.8) is 0 Å². The maximum atomic E-state index is 6.29. The van der Waals surface area contributed by atoms with E-state index >= 15 is 0 Å². The first-order valence-electron chi connectivity index (χ1n) is 7.38. The lowest BCUT2D eigenvalue weighted by Gasteiger charge is -2.13. The molecule has 0 atom stereocenters. The van der Waals surface area contributed by atoms with Crippen LogP contribution in [0.2, 0.25) is 10.0 Å². The number of imidazole rings is 1. The Hall–Kier alpha value is -2.83. The highest BCUT2D eigenvalue weighted by molar-refractivity contribution is 6.35. The van der Waals surface area contributed by atoms with Crippen LogP contribution >= 0.6 is 23.2 Å². The molecule has 2 aromatic carbocycles. The molecule has 2 heterocycles. The number of fused-ring (bicyclic) bond motifs is 1. The molecule has 4 rings (SSSR count). The van der Waals surface area contributed by atoms with Crippen LogP contribution in [-0.4, -0.2) is 19.5 Å². The fraction of sp³-hybridized carbons (Fsp3) is 0. The lowest BCUT2D eigenvalue weighted by atomic mass is 10.3. The van der Waals surface area contributed by atoms with Crippen molar-refractivity contribution in [2.24, 2.45) is 0 Å². The van der Waals surface area contributed by atoms with Crippen LogP contribution in [0.25, 0.3) is 16.9 Å². The molecule has 0 amide bonds. The van der Waals surface area contributed by atoms with Gasteiger partial charge in [-0.15, -0.1) is 0 Å². The van der Waals surface area contributed by atoms with Crippen molar-refractivity contribution in [1.29, 1.82) is 0 Å². The quantitative estimate of drug-likeness (QED) is 0.556. The van der Waals surface area contributed by atoms with Crippen molar-refractivity contribution in [3.8, 4) is 5.82 Å². The van der Waals surface area contributed by atoms with E-state index in [1.54, 1.807) is 24.5 Å². The van der Waals surface area contributed by atoms with Gasteiger partial charge in [0.25, 0.3) is 0 Å². The Labute approximate surface area is 153 Å². The average molecular weight is 371 g/mol. The van der Waals surface area contributed by atoms with Gasteiger partial charge in [-0.2, -0.15) is 0 Å². The molecule has 0 fully saturated rings. The van der Waals surface area contributed by atoms with E-state index in [4.69, 9.17) is 28.9 Å². The molecule has 0 saturated carbocycles. The van der Waals surface area contributed by atoms with E-state index in [0.717, 1.165) is 11.0 Å². The highest BCUT2D eigenvalue weighted by Gasteiger charge is 2.14. The molecule has 0 aliphatic carbocycles. The van der Waals surface area contributed by atoms with Gasteiger partial charge in [-0.1, -0.05) is 35.3 Å². The first-order chi connectivity index (χ1) is 12.1. The molecule has 0 aliphatic heterocycles. The van der Waals surface area contributed by atoms with Crippen LogP contribution in [0.4, 0.5) is 17.2 Å². The second-order valence-electron chi connectivity index (χ2n) is 5.31. The van der Waals surface area contributed by atoms with E-state index in [1.807, 2.05) is 28.8 Å². The van der Waals surface area contributed by atoms with Crippen LogP contribution in [0.15, 0.2) is 55.1 Å². The van der Waals surface area contributed by atoms with E-state index in [-0.39, 0.29) is 0 Å². The lowest BCUT2D eigenvalue weighted by molar-refractivity contribution is 1.00. The fourth-order valence-corrected chi connectivity index (χ4v) is 2.86. The van der Waals surface area contributed by atoms with Crippen molar-refractivity contribution >= 4 is 51.4 Å². The maximum absolute atomic E-state index is 6.29. The average Bonchev–Trinajstić information content (AvgIpc) is 3.04. The number of nitrogens with zero attached hydrogens (tertiary/aromatic N) is 4. The van der Waals surface area contributed by atoms with Crippen LogP contribution in [-0.2, 0) is 0 Å². The maximum Gasteiger partial charge on any atom is 0.167 e. The van der Waals surface area contributed by atoms with Crippen LogP contribution in [0.3, 0.4) is 0 Å². The number of para-hydroxylation sites is 2. The molecule has 0 spiro atoms. The minimum Gasteiger partial charge on any atom is -0.393 e. The molecule has 0 bridgehead atoms. The van der Waals surface area contributed by atoms with Gasteiger partial charge in [0.2, 0.25) is 0 Å². The zero-order chi connectivity index (χ0) is 17.4. The molecule has 0 aliphatic rings. The largest absolute Gasteiger partial charge is 0.393 e. The molecule has 25 heavy (non-hydrogen) atoms. The summed E-state index contributed by atoms with van der Waals surface area (Å²) >= 11 is 12.2. The van der Waals surface area contributed by atoms with E-state index < -0.39 is 0 Å². The zero-order valence-corrected chi connectivity index (χ0v) is 14.3. The Kier molecular flexibility index (Phi) is 3.91. The van der Waals surface area contributed by atoms with Gasteiger partial charge in [-0.3, -0.25) is 4.57 Å². The molecule has 8 heteroatoms. The SMILES string of the molecule is Nc1c(Nc2cc(Cl)ccc2Cl)ncnc1-n1cnc2ccccc21.